The van der Waals surface area contributed by atoms with Crippen molar-refractivity contribution in [3.8, 4) is 10.6 Å². The Hall–Kier alpha value is -4.22. The van der Waals surface area contributed by atoms with Gasteiger partial charge in [-0.2, -0.15) is 0 Å². The number of esters is 1. The van der Waals surface area contributed by atoms with Crippen LogP contribution in [-0.2, 0) is 11.3 Å². The lowest BCUT2D eigenvalue weighted by molar-refractivity contribution is 0.0594. The highest BCUT2D eigenvalue weighted by atomic mass is 35.5. The van der Waals surface area contributed by atoms with Gasteiger partial charge in [-0.15, -0.1) is 11.3 Å². The molecule has 6 heterocycles. The van der Waals surface area contributed by atoms with E-state index in [4.69, 9.17) is 20.9 Å². The van der Waals surface area contributed by atoms with Crippen LogP contribution in [0.15, 0.2) is 65.4 Å². The molecule has 6 rings (SSSR count). The van der Waals surface area contributed by atoms with Gasteiger partial charge in [-0.3, -0.25) is 9.78 Å². The molecule has 0 spiro atoms. The monoisotopic (exact) mass is 576 g/mol. The molecule has 0 saturated carbocycles. The number of nitrogens with zero attached hydrogens (tertiary/aromatic N) is 5. The predicted molar refractivity (Wildman–Crippen MR) is 152 cm³/mol. The van der Waals surface area contributed by atoms with Gasteiger partial charge in [0.25, 0.3) is 5.91 Å². The number of carbonyl (C=O) groups is 2. The third-order valence-electron chi connectivity index (χ3n) is 6.94. The molecular formula is C28H25ClN6O4S. The van der Waals surface area contributed by atoms with Crippen molar-refractivity contribution >= 4 is 51.5 Å². The van der Waals surface area contributed by atoms with Crippen molar-refractivity contribution in [3.63, 3.8) is 0 Å². The van der Waals surface area contributed by atoms with Gasteiger partial charge in [-0.25, -0.2) is 9.78 Å². The Bertz CT molecular complexity index is 1670. The Labute approximate surface area is 238 Å². The first-order chi connectivity index (χ1) is 19.5. The highest BCUT2D eigenvalue weighted by molar-refractivity contribution is 7.19. The lowest BCUT2D eigenvalue weighted by Gasteiger charge is -2.33. The van der Waals surface area contributed by atoms with Crippen molar-refractivity contribution < 1.29 is 18.8 Å². The van der Waals surface area contributed by atoms with Crippen LogP contribution in [0.4, 0.5) is 5.69 Å². The van der Waals surface area contributed by atoms with Gasteiger partial charge in [-0.05, 0) is 55.3 Å². The van der Waals surface area contributed by atoms with Crippen LogP contribution >= 0.6 is 22.9 Å². The van der Waals surface area contributed by atoms with Crippen LogP contribution in [-0.4, -0.2) is 57.8 Å². The number of pyridine rings is 2. The number of rotatable bonds is 7. The van der Waals surface area contributed by atoms with Crippen molar-refractivity contribution in [1.82, 2.24) is 25.0 Å². The van der Waals surface area contributed by atoms with E-state index in [0.717, 1.165) is 36.5 Å². The number of carbonyl (C=O) groups excluding carboxylic acids is 2. The molecule has 0 unspecified atom stereocenters. The SMILES string of the molecule is COC(=O)c1ccc2c(cc(C(=O)NC3CCN(c4ccncc4)CC3)n2Cc2cc(-c3ccc(Cl)s3)on2)n1. The van der Waals surface area contributed by atoms with E-state index in [2.05, 4.69) is 25.3 Å². The molecular weight excluding hydrogens is 552 g/mol. The summed E-state index contributed by atoms with van der Waals surface area (Å²) < 4.78 is 12.9. The van der Waals surface area contributed by atoms with Gasteiger partial charge >= 0.3 is 5.97 Å². The van der Waals surface area contributed by atoms with Crippen LogP contribution in [0.1, 0.15) is 39.5 Å². The van der Waals surface area contributed by atoms with Gasteiger partial charge < -0.3 is 24.0 Å². The lowest BCUT2D eigenvalue weighted by Crippen LogP contribution is -2.45. The average Bonchev–Trinajstić information content (AvgIpc) is 3.72. The molecule has 204 valence electrons. The number of piperidine rings is 1. The number of fused-ring (bicyclic) bond motifs is 1. The summed E-state index contributed by atoms with van der Waals surface area (Å²) in [7, 11) is 1.31. The van der Waals surface area contributed by atoms with E-state index in [1.165, 1.54) is 18.4 Å². The summed E-state index contributed by atoms with van der Waals surface area (Å²) in [5, 5.41) is 7.43. The van der Waals surface area contributed by atoms with Gasteiger partial charge in [0, 0.05) is 43.3 Å². The zero-order valence-electron chi connectivity index (χ0n) is 21.5. The molecule has 5 aromatic heterocycles. The molecule has 0 atom stereocenters. The van der Waals surface area contributed by atoms with E-state index >= 15 is 0 Å². The molecule has 0 radical (unpaired) electrons. The van der Waals surface area contributed by atoms with Crippen LogP contribution in [0.2, 0.25) is 4.34 Å². The molecule has 1 saturated heterocycles. The summed E-state index contributed by atoms with van der Waals surface area (Å²) in [6.45, 7) is 1.93. The second-order valence-corrected chi connectivity index (χ2v) is 11.1. The van der Waals surface area contributed by atoms with E-state index in [1.54, 1.807) is 36.7 Å². The molecule has 40 heavy (non-hydrogen) atoms. The van der Waals surface area contributed by atoms with Crippen LogP contribution in [0, 0.1) is 0 Å². The maximum atomic E-state index is 13.6. The second kappa shape index (κ2) is 11.1. The standard InChI is InChI=1S/C28H25ClN6O4S/c1-38-28(37)20-2-3-22-21(32-20)15-23(35(22)16-18-14-24(39-33-18)25-4-5-26(29)40-25)27(36)31-17-8-12-34(13-9-17)19-6-10-30-11-7-19/h2-7,10-11,14-15,17H,8-9,12-13,16H2,1H3,(H,31,36). The largest absolute Gasteiger partial charge is 0.464 e. The Morgan fingerprint density at radius 2 is 1.93 bits per heavy atom. The van der Waals surface area contributed by atoms with Gasteiger partial charge in [0.15, 0.2) is 5.76 Å². The van der Waals surface area contributed by atoms with Crippen molar-refractivity contribution in [2.24, 2.45) is 0 Å². The Morgan fingerprint density at radius 3 is 2.65 bits per heavy atom. The van der Waals surface area contributed by atoms with Crippen LogP contribution in [0.5, 0.6) is 0 Å². The van der Waals surface area contributed by atoms with E-state index in [1.807, 2.05) is 28.8 Å². The minimum Gasteiger partial charge on any atom is -0.464 e. The topological polar surface area (TPSA) is 115 Å². The third kappa shape index (κ3) is 5.30. The van der Waals surface area contributed by atoms with Crippen molar-refractivity contribution in [1.29, 1.82) is 0 Å². The van der Waals surface area contributed by atoms with Gasteiger partial charge in [0.1, 0.15) is 17.1 Å². The number of nitrogens with one attached hydrogen (secondary N) is 1. The number of hydrogen-bond acceptors (Lipinski definition) is 9. The Kier molecular flexibility index (Phi) is 7.23. The van der Waals surface area contributed by atoms with Crippen LogP contribution < -0.4 is 10.2 Å². The predicted octanol–water partition coefficient (Wildman–Crippen LogP) is 5.03. The van der Waals surface area contributed by atoms with Crippen LogP contribution in [0.3, 0.4) is 0 Å². The fourth-order valence-electron chi connectivity index (χ4n) is 4.92. The summed E-state index contributed by atoms with van der Waals surface area (Å²) in [5.41, 5.74) is 3.55. The fourth-order valence-corrected chi connectivity index (χ4v) is 5.91. The van der Waals surface area contributed by atoms with Gasteiger partial charge in [0.2, 0.25) is 0 Å². The van der Waals surface area contributed by atoms with E-state index in [0.29, 0.717) is 32.5 Å². The Balaban J connectivity index is 1.25. The quantitative estimate of drug-likeness (QED) is 0.268. The Morgan fingerprint density at radius 1 is 1.12 bits per heavy atom. The maximum absolute atomic E-state index is 13.6. The lowest BCUT2D eigenvalue weighted by atomic mass is 10.0. The maximum Gasteiger partial charge on any atom is 0.356 e. The number of halogens is 1. The number of thiophene rings is 1. The highest BCUT2D eigenvalue weighted by Crippen LogP contribution is 2.32. The summed E-state index contributed by atoms with van der Waals surface area (Å²) in [5.74, 6) is -0.160. The number of aromatic nitrogens is 4. The van der Waals surface area contributed by atoms with E-state index in [-0.39, 0.29) is 24.2 Å². The average molecular weight is 577 g/mol. The molecule has 1 N–H and O–H groups in total. The molecule has 12 heteroatoms. The van der Waals surface area contributed by atoms with Crippen molar-refractivity contribution in [2.75, 3.05) is 25.1 Å². The molecule has 0 aromatic carbocycles. The molecule has 1 amide bonds. The highest BCUT2D eigenvalue weighted by Gasteiger charge is 2.25. The number of anilines is 1. The summed E-state index contributed by atoms with van der Waals surface area (Å²) in [6.07, 6.45) is 5.20. The molecule has 1 aliphatic heterocycles. The van der Waals surface area contributed by atoms with Gasteiger partial charge in [-0.1, -0.05) is 16.8 Å². The fraction of sp³-hybridized carbons (Fsp3) is 0.250. The summed E-state index contributed by atoms with van der Waals surface area (Å²) in [6, 6.07) is 14.6. The van der Waals surface area contributed by atoms with Crippen molar-refractivity contribution in [2.45, 2.75) is 25.4 Å². The number of hydrogen-bond donors (Lipinski definition) is 1. The summed E-state index contributed by atoms with van der Waals surface area (Å²) >= 11 is 7.48. The minimum atomic E-state index is -0.544. The number of amides is 1. The molecule has 0 bridgehead atoms. The van der Waals surface area contributed by atoms with E-state index in [9.17, 15) is 9.59 Å². The van der Waals surface area contributed by atoms with Crippen molar-refractivity contribution in [3.05, 3.63) is 82.3 Å². The molecule has 5 aromatic rings. The first-order valence-corrected chi connectivity index (χ1v) is 13.9. The number of methoxy groups -OCH3 is 1. The first kappa shape index (κ1) is 26.0. The zero-order valence-corrected chi connectivity index (χ0v) is 23.1. The molecule has 1 aliphatic rings. The summed E-state index contributed by atoms with van der Waals surface area (Å²) in [4.78, 5) is 37.4. The molecule has 1 fully saturated rings. The van der Waals surface area contributed by atoms with E-state index < -0.39 is 5.97 Å². The minimum absolute atomic E-state index is 0.0258. The second-order valence-electron chi connectivity index (χ2n) is 9.43. The number of ether oxygens (including phenoxy) is 1. The van der Waals surface area contributed by atoms with Crippen LogP contribution in [0.25, 0.3) is 21.7 Å². The zero-order chi connectivity index (χ0) is 27.6. The molecule has 10 nitrogen and oxygen atoms in total. The normalized spacial score (nSPS) is 14.0. The third-order valence-corrected chi connectivity index (χ3v) is 8.18. The first-order valence-electron chi connectivity index (χ1n) is 12.7. The smallest absolute Gasteiger partial charge is 0.356 e. The van der Waals surface area contributed by atoms with Gasteiger partial charge in [0.05, 0.1) is 33.9 Å². The molecule has 0 aliphatic carbocycles.